The predicted octanol–water partition coefficient (Wildman–Crippen LogP) is 0.689. The first-order valence-electron chi connectivity index (χ1n) is 6.11. The molecular formula is C13H17NO4S. The van der Waals surface area contributed by atoms with Gasteiger partial charge in [0.2, 0.25) is 0 Å². The highest BCUT2D eigenvalue weighted by molar-refractivity contribution is 7.84. The Morgan fingerprint density at radius 2 is 2.37 bits per heavy atom. The lowest BCUT2D eigenvalue weighted by Gasteiger charge is -2.11. The van der Waals surface area contributed by atoms with Gasteiger partial charge in [-0.3, -0.25) is 9.00 Å². The number of nitrogens with one attached hydrogen (secondary N) is 1. The first kappa shape index (κ1) is 14.0. The molecule has 2 atom stereocenters. The number of hydrogen-bond acceptors (Lipinski definition) is 4. The number of amides is 1. The lowest BCUT2D eigenvalue weighted by atomic mass is 10.1. The first-order chi connectivity index (χ1) is 9.06. The van der Waals surface area contributed by atoms with Gasteiger partial charge in [-0.2, -0.15) is 0 Å². The molecule has 104 valence electrons. The molecule has 5 nitrogen and oxygen atoms in total. The zero-order valence-corrected chi connectivity index (χ0v) is 11.5. The van der Waals surface area contributed by atoms with Gasteiger partial charge in [-0.25, -0.2) is 0 Å². The number of benzene rings is 1. The van der Waals surface area contributed by atoms with E-state index in [0.29, 0.717) is 18.0 Å². The summed E-state index contributed by atoms with van der Waals surface area (Å²) in [6, 6.07) is 5.45. The van der Waals surface area contributed by atoms with E-state index in [1.807, 2.05) is 6.07 Å². The van der Waals surface area contributed by atoms with Crippen molar-refractivity contribution in [2.75, 3.05) is 23.9 Å². The van der Waals surface area contributed by atoms with Gasteiger partial charge in [-0.15, -0.1) is 0 Å². The highest BCUT2D eigenvalue weighted by Crippen LogP contribution is 2.28. The molecule has 1 amide bonds. The summed E-state index contributed by atoms with van der Waals surface area (Å²) in [4.78, 5) is 11.7. The maximum absolute atomic E-state index is 11.7. The number of anilines is 1. The van der Waals surface area contributed by atoms with Crippen molar-refractivity contribution >= 4 is 22.4 Å². The highest BCUT2D eigenvalue weighted by atomic mass is 32.2. The van der Waals surface area contributed by atoms with Crippen molar-refractivity contribution in [3.05, 3.63) is 23.8 Å². The monoisotopic (exact) mass is 283 g/mol. The molecule has 0 saturated heterocycles. The molecule has 1 heterocycles. The quantitative estimate of drug-likeness (QED) is 0.833. The number of aliphatic hydroxyl groups is 1. The minimum Gasteiger partial charge on any atom is -0.493 e. The third kappa shape index (κ3) is 3.78. The normalized spacial score (nSPS) is 16.3. The van der Waals surface area contributed by atoms with E-state index in [1.165, 1.54) is 0 Å². The van der Waals surface area contributed by atoms with Crippen LogP contribution in [0.15, 0.2) is 18.2 Å². The second-order valence-electron chi connectivity index (χ2n) is 4.49. The highest BCUT2D eigenvalue weighted by Gasteiger charge is 2.17. The van der Waals surface area contributed by atoms with Crippen LogP contribution in [0.1, 0.15) is 12.0 Å². The zero-order valence-electron chi connectivity index (χ0n) is 10.7. The topological polar surface area (TPSA) is 75.6 Å². The van der Waals surface area contributed by atoms with Gasteiger partial charge in [-0.05, 0) is 18.1 Å². The van der Waals surface area contributed by atoms with Gasteiger partial charge in [0, 0.05) is 41.0 Å². The Balaban J connectivity index is 1.93. The summed E-state index contributed by atoms with van der Waals surface area (Å²) in [6.45, 7) is 0.664. The predicted molar refractivity (Wildman–Crippen MR) is 73.8 cm³/mol. The van der Waals surface area contributed by atoms with Crippen LogP contribution in [0.4, 0.5) is 5.69 Å². The fourth-order valence-electron chi connectivity index (χ4n) is 1.88. The molecule has 0 aliphatic carbocycles. The van der Waals surface area contributed by atoms with E-state index in [0.717, 1.165) is 17.7 Å². The third-order valence-corrected chi connectivity index (χ3v) is 3.76. The van der Waals surface area contributed by atoms with E-state index in [-0.39, 0.29) is 6.42 Å². The molecule has 0 radical (unpaired) electrons. The van der Waals surface area contributed by atoms with Gasteiger partial charge in [-0.1, -0.05) is 6.07 Å². The smallest absolute Gasteiger partial charge is 0.253 e. The number of aliphatic hydroxyl groups excluding tert-OH is 1. The summed E-state index contributed by atoms with van der Waals surface area (Å²) in [5, 5.41) is 12.3. The fourth-order valence-corrected chi connectivity index (χ4v) is 2.43. The van der Waals surface area contributed by atoms with Gasteiger partial charge in [0.25, 0.3) is 5.91 Å². The van der Waals surface area contributed by atoms with Crippen molar-refractivity contribution in [2.24, 2.45) is 0 Å². The molecule has 1 aliphatic rings. The molecule has 0 aromatic heterocycles. The van der Waals surface area contributed by atoms with Crippen molar-refractivity contribution in [2.45, 2.75) is 18.9 Å². The SMILES string of the molecule is CS(=O)CCC(O)C(=O)Nc1ccc2c(c1)OCC2. The molecule has 6 heteroatoms. The van der Waals surface area contributed by atoms with E-state index < -0.39 is 22.8 Å². The van der Waals surface area contributed by atoms with Gasteiger partial charge in [0.15, 0.2) is 0 Å². The summed E-state index contributed by atoms with van der Waals surface area (Å²) < 4.78 is 16.3. The summed E-state index contributed by atoms with van der Waals surface area (Å²) in [6.07, 6.45) is 1.48. The van der Waals surface area contributed by atoms with Crippen LogP contribution in [-0.4, -0.2) is 39.9 Å². The number of fused-ring (bicyclic) bond motifs is 1. The Morgan fingerprint density at radius 3 is 3.11 bits per heavy atom. The molecule has 0 saturated carbocycles. The van der Waals surface area contributed by atoms with E-state index in [2.05, 4.69) is 5.32 Å². The maximum Gasteiger partial charge on any atom is 0.253 e. The Kier molecular flexibility index (Phi) is 4.55. The molecule has 2 N–H and O–H groups in total. The molecule has 1 aliphatic heterocycles. The Labute approximate surface area is 114 Å². The number of carbonyl (C=O) groups excluding carboxylic acids is 1. The molecule has 2 unspecified atom stereocenters. The minimum absolute atomic E-state index is 0.191. The molecule has 0 bridgehead atoms. The summed E-state index contributed by atoms with van der Waals surface area (Å²) >= 11 is 0. The largest absolute Gasteiger partial charge is 0.493 e. The first-order valence-corrected chi connectivity index (χ1v) is 7.83. The van der Waals surface area contributed by atoms with Gasteiger partial charge < -0.3 is 15.2 Å². The summed E-state index contributed by atoms with van der Waals surface area (Å²) in [5.41, 5.74) is 1.72. The van der Waals surface area contributed by atoms with Gasteiger partial charge in [0.1, 0.15) is 11.9 Å². The number of hydrogen-bond donors (Lipinski definition) is 2. The van der Waals surface area contributed by atoms with Crippen LogP contribution >= 0.6 is 0 Å². The average molecular weight is 283 g/mol. The van der Waals surface area contributed by atoms with E-state index in [1.54, 1.807) is 18.4 Å². The molecule has 0 spiro atoms. The molecule has 1 aromatic carbocycles. The van der Waals surface area contributed by atoms with Crippen LogP contribution in [0.3, 0.4) is 0 Å². The maximum atomic E-state index is 11.7. The zero-order chi connectivity index (χ0) is 13.8. The average Bonchev–Trinajstić information content (AvgIpc) is 2.83. The Morgan fingerprint density at radius 1 is 1.58 bits per heavy atom. The van der Waals surface area contributed by atoms with Crippen molar-refractivity contribution in [1.82, 2.24) is 0 Å². The van der Waals surface area contributed by atoms with E-state index in [4.69, 9.17) is 4.74 Å². The Hall–Kier alpha value is -1.40. The Bertz CT molecular complexity index is 503. The van der Waals surface area contributed by atoms with Crippen molar-refractivity contribution in [3.63, 3.8) is 0 Å². The van der Waals surface area contributed by atoms with E-state index >= 15 is 0 Å². The lowest BCUT2D eigenvalue weighted by molar-refractivity contribution is -0.124. The van der Waals surface area contributed by atoms with Crippen molar-refractivity contribution in [1.29, 1.82) is 0 Å². The van der Waals surface area contributed by atoms with Crippen molar-refractivity contribution < 1.29 is 18.8 Å². The minimum atomic E-state index is -1.14. The number of rotatable bonds is 5. The third-order valence-electron chi connectivity index (χ3n) is 2.95. The second kappa shape index (κ2) is 6.16. The van der Waals surface area contributed by atoms with Crippen LogP contribution in [0, 0.1) is 0 Å². The lowest BCUT2D eigenvalue weighted by Crippen LogP contribution is -2.28. The molecule has 19 heavy (non-hydrogen) atoms. The van der Waals surface area contributed by atoms with Crippen LogP contribution < -0.4 is 10.1 Å². The van der Waals surface area contributed by atoms with E-state index in [9.17, 15) is 14.1 Å². The van der Waals surface area contributed by atoms with Crippen LogP contribution in [-0.2, 0) is 22.0 Å². The number of ether oxygens (including phenoxy) is 1. The van der Waals surface area contributed by atoms with Crippen molar-refractivity contribution in [3.8, 4) is 5.75 Å². The molecule has 2 rings (SSSR count). The standard InChI is InChI=1S/C13H17NO4S/c1-19(17)7-5-11(15)13(16)14-10-3-2-9-4-6-18-12(9)8-10/h2-3,8,11,15H,4-7H2,1H3,(H,14,16). The molecular weight excluding hydrogens is 266 g/mol. The summed E-state index contributed by atoms with van der Waals surface area (Å²) in [7, 11) is -1.01. The van der Waals surface area contributed by atoms with Crippen LogP contribution in [0.5, 0.6) is 5.75 Å². The van der Waals surface area contributed by atoms with Crippen LogP contribution in [0.25, 0.3) is 0 Å². The molecule has 0 fully saturated rings. The second-order valence-corrected chi connectivity index (χ2v) is 6.05. The fraction of sp³-hybridized carbons (Fsp3) is 0.462. The van der Waals surface area contributed by atoms with Gasteiger partial charge in [0.05, 0.1) is 6.61 Å². The summed E-state index contributed by atoms with van der Waals surface area (Å²) in [5.74, 6) is 0.604. The van der Waals surface area contributed by atoms with Gasteiger partial charge >= 0.3 is 0 Å². The molecule has 1 aromatic rings. The van der Waals surface area contributed by atoms with Crippen LogP contribution in [0.2, 0.25) is 0 Å². The number of carbonyl (C=O) groups is 1.